The molecule has 3 heteroatoms. The van der Waals surface area contributed by atoms with Crippen LogP contribution in [-0.4, -0.2) is 9.97 Å². The lowest BCUT2D eigenvalue weighted by Gasteiger charge is -2.19. The fourth-order valence-corrected chi connectivity index (χ4v) is 1.75. The number of H-pyrrole nitrogens is 1. The van der Waals surface area contributed by atoms with Gasteiger partial charge in [0.15, 0.2) is 0 Å². The molecular weight excluding hydrogens is 228 g/mol. The summed E-state index contributed by atoms with van der Waals surface area (Å²) in [4.78, 5) is 7.30. The summed E-state index contributed by atoms with van der Waals surface area (Å²) in [5.74, 6) is 0. The van der Waals surface area contributed by atoms with Crippen LogP contribution < -0.4 is 0 Å². The van der Waals surface area contributed by atoms with Gasteiger partial charge < -0.3 is 4.98 Å². The first-order valence-corrected chi connectivity index (χ1v) is 6.03. The van der Waals surface area contributed by atoms with Crippen molar-refractivity contribution in [2.45, 2.75) is 26.2 Å². The lowest BCUT2D eigenvalue weighted by Crippen LogP contribution is -2.10. The van der Waals surface area contributed by atoms with Gasteiger partial charge in [-0.1, -0.05) is 57.3 Å². The zero-order valence-corrected chi connectivity index (χ0v) is 11.1. The Hall–Kier alpha value is -1.48. The van der Waals surface area contributed by atoms with Gasteiger partial charge in [0.1, 0.15) is 4.64 Å². The van der Waals surface area contributed by atoms with Crippen LogP contribution in [0.1, 0.15) is 26.3 Å². The highest BCUT2D eigenvalue weighted by Gasteiger charge is 2.13. The van der Waals surface area contributed by atoms with Crippen molar-refractivity contribution in [3.8, 4) is 11.3 Å². The highest BCUT2D eigenvalue weighted by Crippen LogP contribution is 2.24. The molecule has 0 atom stereocenters. The average molecular weight is 244 g/mol. The summed E-state index contributed by atoms with van der Waals surface area (Å²) in [5.41, 5.74) is 3.52. The van der Waals surface area contributed by atoms with Crippen LogP contribution in [0.4, 0.5) is 0 Å². The monoisotopic (exact) mass is 244 g/mol. The Morgan fingerprint density at radius 1 is 1.12 bits per heavy atom. The van der Waals surface area contributed by atoms with E-state index in [2.05, 4.69) is 55.0 Å². The molecule has 88 valence electrons. The largest absolute Gasteiger partial charge is 0.350 e. The molecule has 0 aliphatic rings. The topological polar surface area (TPSA) is 28.7 Å². The summed E-state index contributed by atoms with van der Waals surface area (Å²) in [6, 6.07) is 8.50. The molecule has 1 aromatic heterocycles. The fraction of sp³-hybridized carbons (Fsp3) is 0.286. The molecule has 2 rings (SSSR count). The maximum absolute atomic E-state index is 4.97. The lowest BCUT2D eigenvalue weighted by atomic mass is 9.86. The molecule has 2 nitrogen and oxygen atoms in total. The van der Waals surface area contributed by atoms with Crippen molar-refractivity contribution in [1.29, 1.82) is 0 Å². The predicted molar refractivity (Wildman–Crippen MR) is 73.6 cm³/mol. The van der Waals surface area contributed by atoms with E-state index in [9.17, 15) is 0 Å². The second-order valence-corrected chi connectivity index (χ2v) is 5.56. The fourth-order valence-electron chi connectivity index (χ4n) is 1.64. The maximum atomic E-state index is 4.97. The Balaban J connectivity index is 2.36. The van der Waals surface area contributed by atoms with Crippen LogP contribution in [0.15, 0.2) is 36.7 Å². The highest BCUT2D eigenvalue weighted by atomic mass is 32.1. The van der Waals surface area contributed by atoms with Crippen LogP contribution in [0.2, 0.25) is 0 Å². The van der Waals surface area contributed by atoms with E-state index in [4.69, 9.17) is 12.2 Å². The van der Waals surface area contributed by atoms with Crippen LogP contribution in [0, 0.1) is 4.64 Å². The first-order valence-electron chi connectivity index (χ1n) is 5.62. The molecule has 0 spiro atoms. The van der Waals surface area contributed by atoms with Crippen molar-refractivity contribution < 1.29 is 0 Å². The number of aromatic amines is 1. The summed E-state index contributed by atoms with van der Waals surface area (Å²) in [5, 5.41) is 0. The zero-order chi connectivity index (χ0) is 12.5. The Labute approximate surface area is 107 Å². The zero-order valence-electron chi connectivity index (χ0n) is 10.3. The maximum Gasteiger partial charge on any atom is 0.121 e. The minimum atomic E-state index is 0.183. The van der Waals surface area contributed by atoms with Crippen molar-refractivity contribution in [1.82, 2.24) is 9.97 Å². The van der Waals surface area contributed by atoms with E-state index in [0.29, 0.717) is 4.64 Å². The molecule has 2 aromatic rings. The number of hydrogen-bond donors (Lipinski definition) is 1. The second-order valence-electron chi connectivity index (χ2n) is 5.12. The van der Waals surface area contributed by atoms with Gasteiger partial charge in [-0.05, 0) is 11.0 Å². The van der Waals surface area contributed by atoms with Gasteiger partial charge in [0.2, 0.25) is 0 Å². The standard InChI is InChI=1S/C14H16N2S/c1-14(2,3)11-6-4-10(5-7-11)12-8-16-13(17)9-15-12/h4-9H,1-3H3,(H,16,17). The van der Waals surface area contributed by atoms with E-state index >= 15 is 0 Å². The van der Waals surface area contributed by atoms with Crippen LogP contribution >= 0.6 is 12.2 Å². The number of aromatic nitrogens is 2. The molecule has 0 radical (unpaired) electrons. The summed E-state index contributed by atoms with van der Waals surface area (Å²) < 4.78 is 0.653. The molecule has 0 bridgehead atoms. The van der Waals surface area contributed by atoms with Gasteiger partial charge >= 0.3 is 0 Å². The number of benzene rings is 1. The van der Waals surface area contributed by atoms with Crippen molar-refractivity contribution in [3.05, 3.63) is 46.9 Å². The molecule has 0 fully saturated rings. The predicted octanol–water partition coefficient (Wildman–Crippen LogP) is 4.10. The first-order chi connectivity index (χ1) is 7.97. The molecule has 17 heavy (non-hydrogen) atoms. The average Bonchev–Trinajstić information content (AvgIpc) is 2.29. The molecule has 0 saturated carbocycles. The van der Waals surface area contributed by atoms with Crippen molar-refractivity contribution >= 4 is 12.2 Å². The van der Waals surface area contributed by atoms with E-state index in [1.807, 2.05) is 6.20 Å². The molecular formula is C14H16N2S. The molecule has 1 aromatic carbocycles. The van der Waals surface area contributed by atoms with Crippen molar-refractivity contribution in [2.24, 2.45) is 0 Å². The normalized spacial score (nSPS) is 11.5. The van der Waals surface area contributed by atoms with Crippen molar-refractivity contribution in [3.63, 3.8) is 0 Å². The van der Waals surface area contributed by atoms with Crippen LogP contribution in [0.25, 0.3) is 11.3 Å². The number of hydrogen-bond acceptors (Lipinski definition) is 2. The lowest BCUT2D eigenvalue weighted by molar-refractivity contribution is 0.590. The van der Waals surface area contributed by atoms with Crippen LogP contribution in [-0.2, 0) is 5.41 Å². The smallest absolute Gasteiger partial charge is 0.121 e. The highest BCUT2D eigenvalue weighted by molar-refractivity contribution is 7.71. The first kappa shape index (κ1) is 12.0. The van der Waals surface area contributed by atoms with Crippen molar-refractivity contribution in [2.75, 3.05) is 0 Å². The van der Waals surface area contributed by atoms with E-state index in [0.717, 1.165) is 11.3 Å². The molecule has 1 N–H and O–H groups in total. The quantitative estimate of drug-likeness (QED) is 0.765. The Kier molecular flexibility index (Phi) is 3.11. The van der Waals surface area contributed by atoms with Gasteiger partial charge in [-0.3, -0.25) is 4.98 Å². The Morgan fingerprint density at radius 3 is 2.24 bits per heavy atom. The molecule has 0 unspecified atom stereocenters. The summed E-state index contributed by atoms with van der Waals surface area (Å²) in [6.45, 7) is 6.63. The van der Waals surface area contributed by atoms with E-state index in [1.165, 1.54) is 5.56 Å². The Bertz CT molecular complexity index is 542. The third-order valence-electron chi connectivity index (χ3n) is 2.72. The number of nitrogens with zero attached hydrogens (tertiary/aromatic N) is 1. The van der Waals surface area contributed by atoms with Crippen LogP contribution in [0.5, 0.6) is 0 Å². The van der Waals surface area contributed by atoms with Gasteiger partial charge in [0.05, 0.1) is 11.9 Å². The third-order valence-corrected chi connectivity index (χ3v) is 2.94. The number of nitrogens with one attached hydrogen (secondary N) is 1. The molecule has 0 aliphatic heterocycles. The molecule has 1 heterocycles. The molecule has 0 saturated heterocycles. The summed E-state index contributed by atoms with van der Waals surface area (Å²) in [7, 11) is 0. The SMILES string of the molecule is CC(C)(C)c1ccc(-c2c[nH]c(=S)cn2)cc1. The molecule has 0 aliphatic carbocycles. The van der Waals surface area contributed by atoms with E-state index in [-0.39, 0.29) is 5.41 Å². The van der Waals surface area contributed by atoms with Gasteiger partial charge in [-0.2, -0.15) is 0 Å². The van der Waals surface area contributed by atoms with E-state index in [1.54, 1.807) is 6.20 Å². The summed E-state index contributed by atoms with van der Waals surface area (Å²) in [6.07, 6.45) is 3.51. The van der Waals surface area contributed by atoms with Gasteiger partial charge in [-0.15, -0.1) is 0 Å². The number of rotatable bonds is 1. The van der Waals surface area contributed by atoms with Crippen LogP contribution in [0.3, 0.4) is 0 Å². The van der Waals surface area contributed by atoms with Gasteiger partial charge in [0, 0.05) is 11.8 Å². The molecule has 0 amide bonds. The second kappa shape index (κ2) is 4.41. The van der Waals surface area contributed by atoms with E-state index < -0.39 is 0 Å². The third kappa shape index (κ3) is 2.80. The Morgan fingerprint density at radius 2 is 1.76 bits per heavy atom. The van der Waals surface area contributed by atoms with Gasteiger partial charge in [-0.25, -0.2) is 0 Å². The van der Waals surface area contributed by atoms with Gasteiger partial charge in [0.25, 0.3) is 0 Å². The summed E-state index contributed by atoms with van der Waals surface area (Å²) >= 11 is 4.97. The minimum Gasteiger partial charge on any atom is -0.350 e. The minimum absolute atomic E-state index is 0.183.